The lowest BCUT2D eigenvalue weighted by Crippen LogP contribution is -2.30. The van der Waals surface area contributed by atoms with E-state index in [2.05, 4.69) is 10.3 Å². The Labute approximate surface area is 114 Å². The van der Waals surface area contributed by atoms with Crippen molar-refractivity contribution in [1.29, 1.82) is 0 Å². The lowest BCUT2D eigenvalue weighted by molar-refractivity contribution is -0.118. The topological polar surface area (TPSA) is 104 Å². The van der Waals surface area contributed by atoms with Crippen molar-refractivity contribution >= 4 is 5.91 Å². The fourth-order valence-corrected chi connectivity index (χ4v) is 2.11. The zero-order valence-corrected chi connectivity index (χ0v) is 11.0. The van der Waals surface area contributed by atoms with Gasteiger partial charge in [0.25, 0.3) is 5.56 Å². The Morgan fingerprint density at radius 2 is 2.25 bits per heavy atom. The van der Waals surface area contributed by atoms with Gasteiger partial charge in [0, 0.05) is 23.6 Å². The molecule has 1 saturated carbocycles. The third-order valence-electron chi connectivity index (χ3n) is 3.19. The molecule has 1 fully saturated rings. The summed E-state index contributed by atoms with van der Waals surface area (Å²) in [5.74, 6) is 0.236. The van der Waals surface area contributed by atoms with Gasteiger partial charge >= 0.3 is 0 Å². The number of nitrogens with two attached hydrogens (primary N) is 1. The highest BCUT2D eigenvalue weighted by atomic mass is 16.5. The van der Waals surface area contributed by atoms with Crippen molar-refractivity contribution in [3.63, 3.8) is 0 Å². The van der Waals surface area contributed by atoms with Gasteiger partial charge < -0.3 is 10.3 Å². The van der Waals surface area contributed by atoms with Gasteiger partial charge in [0.1, 0.15) is 6.54 Å². The summed E-state index contributed by atoms with van der Waals surface area (Å²) in [5, 5.41) is 8.10. The van der Waals surface area contributed by atoms with Gasteiger partial charge in [-0.3, -0.25) is 9.59 Å². The molecule has 0 saturated heterocycles. The smallest absolute Gasteiger partial charge is 0.267 e. The average Bonchev–Trinajstić information content (AvgIpc) is 3.13. The maximum absolute atomic E-state index is 12.0. The summed E-state index contributed by atoms with van der Waals surface area (Å²) in [5.41, 5.74) is 6.90. The maximum Gasteiger partial charge on any atom is 0.267 e. The molecule has 0 atom stereocenters. The van der Waals surface area contributed by atoms with E-state index in [1.165, 1.54) is 6.07 Å². The first-order valence-corrected chi connectivity index (χ1v) is 6.38. The van der Waals surface area contributed by atoms with Gasteiger partial charge in [0.15, 0.2) is 5.76 Å². The number of rotatable bonds is 4. The van der Waals surface area contributed by atoms with Crippen LogP contribution in [0.2, 0.25) is 0 Å². The SMILES string of the molecule is Cc1cc(-c2cc(=O)n(CC(N)=O)nc2C2CC2)on1. The Hall–Kier alpha value is -2.44. The molecule has 0 unspecified atom stereocenters. The minimum absolute atomic E-state index is 0.214. The minimum Gasteiger partial charge on any atom is -0.368 e. The molecular weight excluding hydrogens is 260 g/mol. The predicted octanol–water partition coefficient (Wildman–Crippen LogP) is 0.569. The number of aryl methyl sites for hydroxylation is 1. The Balaban J connectivity index is 2.12. The number of hydrogen-bond donors (Lipinski definition) is 1. The van der Waals surface area contributed by atoms with E-state index in [4.69, 9.17) is 10.3 Å². The highest BCUT2D eigenvalue weighted by Gasteiger charge is 2.30. The number of carbonyl (C=O) groups excluding carboxylic acids is 1. The molecule has 3 rings (SSSR count). The highest BCUT2D eigenvalue weighted by Crippen LogP contribution is 2.42. The summed E-state index contributed by atoms with van der Waals surface area (Å²) < 4.78 is 6.32. The number of amides is 1. The first-order chi connectivity index (χ1) is 9.54. The predicted molar refractivity (Wildman–Crippen MR) is 69.9 cm³/mol. The second-order valence-electron chi connectivity index (χ2n) is 5.01. The fourth-order valence-electron chi connectivity index (χ4n) is 2.11. The van der Waals surface area contributed by atoms with Crippen LogP contribution in [0.5, 0.6) is 0 Å². The van der Waals surface area contributed by atoms with Gasteiger partial charge in [-0.2, -0.15) is 5.10 Å². The van der Waals surface area contributed by atoms with Crippen LogP contribution in [-0.2, 0) is 11.3 Å². The molecule has 0 radical (unpaired) electrons. The fraction of sp³-hybridized carbons (Fsp3) is 0.385. The number of carbonyl (C=O) groups is 1. The van der Waals surface area contributed by atoms with Gasteiger partial charge in [-0.1, -0.05) is 5.16 Å². The number of nitrogens with zero attached hydrogens (tertiary/aromatic N) is 3. The van der Waals surface area contributed by atoms with Crippen molar-refractivity contribution in [2.75, 3.05) is 0 Å². The summed E-state index contributed by atoms with van der Waals surface area (Å²) in [7, 11) is 0. The number of aromatic nitrogens is 3. The van der Waals surface area contributed by atoms with Gasteiger partial charge in [0.05, 0.1) is 11.4 Å². The molecule has 1 aliphatic carbocycles. The summed E-state index contributed by atoms with van der Waals surface area (Å²) in [6.07, 6.45) is 2.03. The molecule has 0 aromatic carbocycles. The van der Waals surface area contributed by atoms with E-state index in [9.17, 15) is 9.59 Å². The summed E-state index contributed by atoms with van der Waals surface area (Å²) in [6, 6.07) is 3.20. The number of hydrogen-bond acceptors (Lipinski definition) is 5. The molecule has 2 aromatic heterocycles. The third-order valence-corrected chi connectivity index (χ3v) is 3.19. The van der Waals surface area contributed by atoms with Crippen LogP contribution >= 0.6 is 0 Å². The number of primary amides is 1. The Bertz CT molecular complexity index is 727. The third kappa shape index (κ3) is 2.34. The van der Waals surface area contributed by atoms with Crippen LogP contribution in [0.1, 0.15) is 30.1 Å². The first kappa shape index (κ1) is 12.6. The first-order valence-electron chi connectivity index (χ1n) is 6.38. The van der Waals surface area contributed by atoms with Crippen LogP contribution in [0.3, 0.4) is 0 Å². The normalized spacial score (nSPS) is 14.4. The second kappa shape index (κ2) is 4.59. The molecule has 20 heavy (non-hydrogen) atoms. The molecule has 2 N–H and O–H groups in total. The molecule has 1 aliphatic rings. The van der Waals surface area contributed by atoms with Crippen molar-refractivity contribution in [1.82, 2.24) is 14.9 Å². The van der Waals surface area contributed by atoms with Crippen molar-refractivity contribution in [3.05, 3.63) is 33.9 Å². The summed E-state index contributed by atoms with van der Waals surface area (Å²) in [6.45, 7) is 1.60. The van der Waals surface area contributed by atoms with E-state index >= 15 is 0 Å². The Kier molecular flexibility index (Phi) is 2.89. The van der Waals surface area contributed by atoms with E-state index in [0.717, 1.165) is 28.9 Å². The molecule has 7 heteroatoms. The molecule has 0 spiro atoms. The lowest BCUT2D eigenvalue weighted by atomic mass is 10.1. The Morgan fingerprint density at radius 1 is 1.50 bits per heavy atom. The van der Waals surface area contributed by atoms with Gasteiger partial charge in [-0.15, -0.1) is 0 Å². The average molecular weight is 274 g/mol. The van der Waals surface area contributed by atoms with Crippen LogP contribution in [0.25, 0.3) is 11.3 Å². The Morgan fingerprint density at radius 3 is 2.80 bits per heavy atom. The monoisotopic (exact) mass is 274 g/mol. The molecule has 1 amide bonds. The van der Waals surface area contributed by atoms with Gasteiger partial charge in [0.2, 0.25) is 5.91 Å². The van der Waals surface area contributed by atoms with E-state index in [0.29, 0.717) is 17.2 Å². The van der Waals surface area contributed by atoms with Crippen LogP contribution < -0.4 is 11.3 Å². The molecule has 7 nitrogen and oxygen atoms in total. The van der Waals surface area contributed by atoms with Gasteiger partial charge in [-0.25, -0.2) is 4.68 Å². The van der Waals surface area contributed by atoms with Crippen LogP contribution in [0.15, 0.2) is 21.5 Å². The quantitative estimate of drug-likeness (QED) is 0.877. The van der Waals surface area contributed by atoms with Crippen LogP contribution in [0, 0.1) is 6.92 Å². The van der Waals surface area contributed by atoms with E-state index in [-0.39, 0.29) is 12.1 Å². The molecule has 2 aromatic rings. The van der Waals surface area contributed by atoms with Crippen molar-refractivity contribution in [3.8, 4) is 11.3 Å². The van der Waals surface area contributed by atoms with Crippen molar-refractivity contribution in [2.24, 2.45) is 5.73 Å². The van der Waals surface area contributed by atoms with Crippen LogP contribution in [-0.4, -0.2) is 20.8 Å². The van der Waals surface area contributed by atoms with Crippen LogP contribution in [0.4, 0.5) is 0 Å². The largest absolute Gasteiger partial charge is 0.368 e. The molecule has 0 bridgehead atoms. The zero-order chi connectivity index (χ0) is 14.3. The standard InChI is InChI=1S/C13H14N4O3/c1-7-4-10(20-16-7)9-5-12(19)17(6-11(14)18)15-13(9)8-2-3-8/h4-5,8H,2-3,6H2,1H3,(H2,14,18). The maximum atomic E-state index is 12.0. The van der Waals surface area contributed by atoms with Crippen molar-refractivity contribution < 1.29 is 9.32 Å². The lowest BCUT2D eigenvalue weighted by Gasteiger charge is -2.08. The molecule has 2 heterocycles. The minimum atomic E-state index is -0.593. The second-order valence-corrected chi connectivity index (χ2v) is 5.01. The summed E-state index contributed by atoms with van der Waals surface area (Å²) in [4.78, 5) is 23.0. The van der Waals surface area contributed by atoms with Gasteiger partial charge in [-0.05, 0) is 19.8 Å². The summed E-state index contributed by atoms with van der Waals surface area (Å²) >= 11 is 0. The molecule has 104 valence electrons. The highest BCUT2D eigenvalue weighted by molar-refractivity contribution is 5.73. The zero-order valence-electron chi connectivity index (χ0n) is 11.0. The van der Waals surface area contributed by atoms with E-state index in [1.807, 2.05) is 6.92 Å². The molecule has 0 aliphatic heterocycles. The van der Waals surface area contributed by atoms with E-state index in [1.54, 1.807) is 6.07 Å². The molecular formula is C13H14N4O3. The van der Waals surface area contributed by atoms with E-state index < -0.39 is 5.91 Å². The van der Waals surface area contributed by atoms with Crippen molar-refractivity contribution in [2.45, 2.75) is 32.2 Å².